The van der Waals surface area contributed by atoms with E-state index in [1.807, 2.05) is 30.3 Å². The van der Waals surface area contributed by atoms with Gasteiger partial charge in [0.25, 0.3) is 5.01 Å². The smallest absolute Gasteiger partial charge is 0.263 e. The molecule has 0 fully saturated rings. The third-order valence-electron chi connectivity index (χ3n) is 7.32. The molecule has 0 saturated carbocycles. The summed E-state index contributed by atoms with van der Waals surface area (Å²) in [5.41, 5.74) is 4.75. The molecule has 0 bridgehead atoms. The number of thioether (sulfide) groups is 1. The molecule has 0 unspecified atom stereocenters. The molecule has 0 saturated heterocycles. The van der Waals surface area contributed by atoms with Gasteiger partial charge < -0.3 is 18.9 Å². The summed E-state index contributed by atoms with van der Waals surface area (Å²) in [4.78, 5) is 3.46. The number of hydrogen-bond acceptors (Lipinski definition) is 8. The number of fused-ring (bicyclic) bond motifs is 2. The summed E-state index contributed by atoms with van der Waals surface area (Å²) in [6.45, 7) is 8.06. The molecule has 0 amide bonds. The maximum absolute atomic E-state index is 11.3. The molecule has 3 aromatic rings. The summed E-state index contributed by atoms with van der Waals surface area (Å²) in [5, 5.41) is 2.24. The molecule has 1 aromatic heterocycles. The van der Waals surface area contributed by atoms with Crippen molar-refractivity contribution in [3.63, 3.8) is 0 Å². The molecule has 2 aliphatic rings. The number of para-hydroxylation sites is 1. The average Bonchev–Trinajstić information content (AvgIpc) is 3.42. The van der Waals surface area contributed by atoms with Crippen molar-refractivity contribution in [1.29, 1.82) is 0 Å². The Bertz CT molecular complexity index is 1670. The van der Waals surface area contributed by atoms with Gasteiger partial charge in [0, 0.05) is 47.9 Å². The minimum Gasteiger partial charge on any atom is -0.748 e. The zero-order valence-electron chi connectivity index (χ0n) is 24.1. The van der Waals surface area contributed by atoms with Crippen LogP contribution in [0.5, 0.6) is 11.5 Å². The maximum atomic E-state index is 11.3. The Labute approximate surface area is 250 Å². The van der Waals surface area contributed by atoms with Crippen LogP contribution in [0.25, 0.3) is 16.3 Å². The molecular formula is C31H36N2O5S3. The monoisotopic (exact) mass is 612 g/mol. The summed E-state index contributed by atoms with van der Waals surface area (Å²) in [6.07, 6.45) is 9.02. The predicted octanol–water partition coefficient (Wildman–Crippen LogP) is 6.74. The van der Waals surface area contributed by atoms with Gasteiger partial charge in [0.05, 0.1) is 35.1 Å². The zero-order chi connectivity index (χ0) is 29.4. The molecule has 41 heavy (non-hydrogen) atoms. The Balaban J connectivity index is 1.51. The van der Waals surface area contributed by atoms with Gasteiger partial charge >= 0.3 is 0 Å². The largest absolute Gasteiger partial charge is 0.748 e. The second-order valence-corrected chi connectivity index (χ2v) is 14.8. The van der Waals surface area contributed by atoms with Crippen LogP contribution in [0.2, 0.25) is 0 Å². The summed E-state index contributed by atoms with van der Waals surface area (Å²) < 4.78 is 48.1. The Kier molecular flexibility index (Phi) is 8.57. The van der Waals surface area contributed by atoms with Gasteiger partial charge in [-0.05, 0) is 48.5 Å². The number of nitrogens with zero attached hydrogens (tertiary/aromatic N) is 2. The molecule has 7 nitrogen and oxygen atoms in total. The van der Waals surface area contributed by atoms with E-state index in [9.17, 15) is 13.0 Å². The van der Waals surface area contributed by atoms with Gasteiger partial charge in [0.15, 0.2) is 18.0 Å². The van der Waals surface area contributed by atoms with E-state index >= 15 is 0 Å². The van der Waals surface area contributed by atoms with Crippen molar-refractivity contribution >= 4 is 55.2 Å². The van der Waals surface area contributed by atoms with E-state index < -0.39 is 10.1 Å². The fourth-order valence-electron chi connectivity index (χ4n) is 5.66. The summed E-state index contributed by atoms with van der Waals surface area (Å²) in [7, 11) is -0.930. The highest BCUT2D eigenvalue weighted by Crippen LogP contribution is 2.51. The molecule has 0 atom stereocenters. The van der Waals surface area contributed by atoms with Gasteiger partial charge in [0.2, 0.25) is 5.52 Å². The van der Waals surface area contributed by atoms with Gasteiger partial charge in [-0.2, -0.15) is 4.57 Å². The van der Waals surface area contributed by atoms with Gasteiger partial charge in [-0.3, -0.25) is 0 Å². The van der Waals surface area contributed by atoms with Crippen molar-refractivity contribution in [2.24, 2.45) is 5.41 Å². The lowest BCUT2D eigenvalue weighted by Crippen LogP contribution is -2.36. The van der Waals surface area contributed by atoms with E-state index in [0.29, 0.717) is 6.54 Å². The molecule has 218 valence electrons. The highest BCUT2D eigenvalue weighted by Gasteiger charge is 2.30. The quantitative estimate of drug-likeness (QED) is 0.195. The van der Waals surface area contributed by atoms with E-state index in [2.05, 4.69) is 54.5 Å². The molecular weight excluding hydrogens is 577 g/mol. The van der Waals surface area contributed by atoms with Crippen molar-refractivity contribution in [3.8, 4) is 11.5 Å². The highest BCUT2D eigenvalue weighted by atomic mass is 32.2. The molecule has 2 aromatic carbocycles. The van der Waals surface area contributed by atoms with Crippen LogP contribution in [0.1, 0.15) is 45.0 Å². The second kappa shape index (κ2) is 11.8. The van der Waals surface area contributed by atoms with E-state index in [1.165, 1.54) is 16.2 Å². The van der Waals surface area contributed by atoms with Crippen molar-refractivity contribution in [3.05, 3.63) is 69.7 Å². The van der Waals surface area contributed by atoms with Crippen LogP contribution in [-0.4, -0.2) is 39.5 Å². The lowest BCUT2D eigenvalue weighted by molar-refractivity contribution is -0.668. The number of benzene rings is 2. The summed E-state index contributed by atoms with van der Waals surface area (Å²) in [5.74, 6) is 1.08. The number of ether oxygens (including phenoxy) is 2. The van der Waals surface area contributed by atoms with E-state index in [-0.39, 0.29) is 17.6 Å². The van der Waals surface area contributed by atoms with E-state index in [4.69, 9.17) is 9.47 Å². The van der Waals surface area contributed by atoms with Gasteiger partial charge in [-0.15, -0.1) is 0 Å². The SMILES string of the molecule is CCN1C(=CC2=CC(=Cc3sc4ccccc4[n+]3CCCS(=O)(=O)[O-])CC(C)(C)C2)Sc2cc(OC)c(OC)cc21. The van der Waals surface area contributed by atoms with Crippen molar-refractivity contribution in [2.45, 2.75) is 51.5 Å². The first kappa shape index (κ1) is 29.7. The first-order valence-corrected chi connectivity index (χ1v) is 16.9. The van der Waals surface area contributed by atoms with Crippen molar-refractivity contribution in [1.82, 2.24) is 0 Å². The third-order valence-corrected chi connectivity index (χ3v) is 10.3. The number of hydrogen-bond donors (Lipinski definition) is 0. The minimum atomic E-state index is -4.25. The number of rotatable bonds is 9. The molecule has 0 N–H and O–H groups in total. The number of methoxy groups -OCH3 is 2. The highest BCUT2D eigenvalue weighted by molar-refractivity contribution is 8.03. The van der Waals surface area contributed by atoms with Gasteiger partial charge in [-0.1, -0.05) is 55.2 Å². The predicted molar refractivity (Wildman–Crippen MR) is 167 cm³/mol. The van der Waals surface area contributed by atoms with Gasteiger partial charge in [-0.25, -0.2) is 8.42 Å². The first-order valence-electron chi connectivity index (χ1n) is 13.7. The zero-order valence-corrected chi connectivity index (χ0v) is 26.5. The molecule has 1 aliphatic carbocycles. The lowest BCUT2D eigenvalue weighted by Gasteiger charge is -2.31. The van der Waals surface area contributed by atoms with Crippen LogP contribution in [0, 0.1) is 5.41 Å². The number of anilines is 1. The Morgan fingerprint density at radius 2 is 1.83 bits per heavy atom. The maximum Gasteiger partial charge on any atom is 0.263 e. The van der Waals surface area contributed by atoms with E-state index in [0.717, 1.165) is 56.7 Å². The molecule has 1 aliphatic heterocycles. The van der Waals surface area contributed by atoms with Crippen molar-refractivity contribution in [2.75, 3.05) is 31.4 Å². The minimum absolute atomic E-state index is 0.0741. The molecule has 10 heteroatoms. The van der Waals surface area contributed by atoms with Crippen LogP contribution in [0.4, 0.5) is 5.69 Å². The second-order valence-electron chi connectivity index (χ2n) is 11.1. The van der Waals surface area contributed by atoms with Crippen LogP contribution in [0.15, 0.2) is 69.6 Å². The standard InChI is InChI=1S/C31H36N2O5S3/c1-6-32-24-17-25(37-4)26(38-5)18-28(24)40-29(32)15-21-14-22(20-31(2,3)19-21)16-30-33(12-9-13-41(34,35)36)23-10-7-8-11-27(23)39-30/h7-8,10-11,14-18H,6,9,12-13,19-20H2,1-5H3. The molecule has 5 rings (SSSR count). The Morgan fingerprint density at radius 3 is 2.54 bits per heavy atom. The average molecular weight is 613 g/mol. The fraction of sp³-hybridized carbons (Fsp3) is 0.387. The van der Waals surface area contributed by atoms with Crippen LogP contribution >= 0.6 is 23.1 Å². The fourth-order valence-corrected chi connectivity index (χ4v) is 8.52. The van der Waals surface area contributed by atoms with Crippen molar-refractivity contribution < 1.29 is 27.0 Å². The molecule has 0 spiro atoms. The van der Waals surface area contributed by atoms with Crippen LogP contribution in [0.3, 0.4) is 0 Å². The summed E-state index contributed by atoms with van der Waals surface area (Å²) >= 11 is 3.44. The topological polar surface area (TPSA) is 82.8 Å². The summed E-state index contributed by atoms with van der Waals surface area (Å²) in [6, 6.07) is 12.2. The Morgan fingerprint density at radius 1 is 1.10 bits per heavy atom. The third kappa shape index (κ3) is 6.66. The number of aromatic nitrogens is 1. The molecule has 0 radical (unpaired) electrons. The van der Waals surface area contributed by atoms with Crippen LogP contribution < -0.4 is 18.9 Å². The van der Waals surface area contributed by atoms with Crippen LogP contribution in [-0.2, 0) is 16.7 Å². The number of allylic oxidation sites excluding steroid dienone is 4. The number of aryl methyl sites for hydroxylation is 1. The van der Waals surface area contributed by atoms with E-state index in [1.54, 1.807) is 37.3 Å². The Hall–Kier alpha value is -2.79. The first-order chi connectivity index (χ1) is 19.5. The number of thiazole rings is 1. The lowest BCUT2D eigenvalue weighted by atomic mass is 9.75. The molecule has 2 heterocycles. The van der Waals surface area contributed by atoms with Gasteiger partial charge in [0.1, 0.15) is 4.70 Å². The normalized spacial score (nSPS) is 18.7.